The molecule has 0 bridgehead atoms. The smallest absolute Gasteiger partial charge is 0.246 e. The highest BCUT2D eigenvalue weighted by Gasteiger charge is 2.18. The van der Waals surface area contributed by atoms with Gasteiger partial charge in [0, 0.05) is 41.7 Å². The maximum absolute atomic E-state index is 13.3. The van der Waals surface area contributed by atoms with E-state index >= 15 is 0 Å². The highest BCUT2D eigenvalue weighted by Crippen LogP contribution is 2.37. The molecular formula is C24H24FNO3. The lowest BCUT2D eigenvalue weighted by Gasteiger charge is -2.15. The lowest BCUT2D eigenvalue weighted by molar-refractivity contribution is -0.124. The van der Waals surface area contributed by atoms with E-state index in [1.807, 2.05) is 30.9 Å². The third-order valence-electron chi connectivity index (χ3n) is 5.31. The summed E-state index contributed by atoms with van der Waals surface area (Å²) in [6, 6.07) is 10.2. The molecule has 1 amide bonds. The van der Waals surface area contributed by atoms with Gasteiger partial charge in [0.15, 0.2) is 0 Å². The minimum Gasteiger partial charge on any atom is -0.493 e. The third-order valence-corrected chi connectivity index (χ3v) is 5.31. The number of ether oxygens (including phenoxy) is 1. The van der Waals surface area contributed by atoms with Crippen LogP contribution in [0.25, 0.3) is 27.7 Å². The van der Waals surface area contributed by atoms with Crippen molar-refractivity contribution in [2.45, 2.75) is 26.7 Å². The highest BCUT2D eigenvalue weighted by molar-refractivity contribution is 6.00. The molecule has 0 spiro atoms. The summed E-state index contributed by atoms with van der Waals surface area (Å²) in [7, 11) is 0. The van der Waals surface area contributed by atoms with Crippen LogP contribution in [0.1, 0.15) is 32.3 Å². The number of halogens is 1. The van der Waals surface area contributed by atoms with Crippen LogP contribution in [0.3, 0.4) is 0 Å². The number of hydrogen-bond acceptors (Lipinski definition) is 3. The number of benzene rings is 2. The van der Waals surface area contributed by atoms with Crippen molar-refractivity contribution in [3.63, 3.8) is 0 Å². The molecule has 4 rings (SSSR count). The molecule has 0 aliphatic carbocycles. The fourth-order valence-electron chi connectivity index (χ4n) is 3.78. The van der Waals surface area contributed by atoms with Crippen LogP contribution in [0.15, 0.2) is 53.2 Å². The second-order valence-electron chi connectivity index (χ2n) is 7.29. The number of furan rings is 1. The minimum absolute atomic E-state index is 0.0356. The van der Waals surface area contributed by atoms with E-state index < -0.39 is 0 Å². The Morgan fingerprint density at radius 2 is 1.93 bits per heavy atom. The molecule has 3 aromatic rings. The average Bonchev–Trinajstić information content (AvgIpc) is 3.38. The van der Waals surface area contributed by atoms with E-state index in [4.69, 9.17) is 9.15 Å². The Morgan fingerprint density at radius 3 is 2.62 bits per heavy atom. The summed E-state index contributed by atoms with van der Waals surface area (Å²) in [6.07, 6.45) is 5.48. The van der Waals surface area contributed by atoms with Gasteiger partial charge in [-0.3, -0.25) is 4.79 Å². The lowest BCUT2D eigenvalue weighted by atomic mass is 9.99. The summed E-state index contributed by atoms with van der Waals surface area (Å²) < 4.78 is 24.9. The number of likely N-dealkylation sites (tertiary alicyclic amines) is 1. The largest absolute Gasteiger partial charge is 0.493 e. The number of allylic oxidation sites excluding steroid dienone is 1. The molecule has 0 unspecified atom stereocenters. The number of carbonyl (C=O) groups is 1. The van der Waals surface area contributed by atoms with Gasteiger partial charge in [0.25, 0.3) is 0 Å². The molecule has 1 saturated heterocycles. The number of hydrogen-bond donors (Lipinski definition) is 0. The third kappa shape index (κ3) is 3.90. The van der Waals surface area contributed by atoms with E-state index in [0.717, 1.165) is 53.6 Å². The van der Waals surface area contributed by atoms with Gasteiger partial charge in [0.1, 0.15) is 17.1 Å². The SMILES string of the molecule is CCOc1cc2occ(-c3ccc(F)cc3)c2cc1/C(C)=C/C(=O)N1CCCC1. The average molecular weight is 393 g/mol. The normalized spacial score (nSPS) is 14.6. The zero-order valence-corrected chi connectivity index (χ0v) is 16.7. The van der Waals surface area contributed by atoms with Crippen LogP contribution >= 0.6 is 0 Å². The van der Waals surface area contributed by atoms with Gasteiger partial charge in [0.2, 0.25) is 5.91 Å². The Bertz CT molecular complexity index is 1060. The van der Waals surface area contributed by atoms with E-state index in [2.05, 4.69) is 0 Å². The molecule has 5 heteroatoms. The minimum atomic E-state index is -0.278. The molecule has 1 aliphatic heterocycles. The summed E-state index contributed by atoms with van der Waals surface area (Å²) in [5.41, 5.74) is 4.14. The van der Waals surface area contributed by atoms with Crippen LogP contribution in [-0.4, -0.2) is 30.5 Å². The first kappa shape index (κ1) is 19.2. The molecule has 1 fully saturated rings. The maximum Gasteiger partial charge on any atom is 0.246 e. The van der Waals surface area contributed by atoms with Crippen molar-refractivity contribution in [2.24, 2.45) is 0 Å². The van der Waals surface area contributed by atoms with Crippen molar-refractivity contribution in [3.05, 3.63) is 60.1 Å². The molecule has 2 heterocycles. The monoisotopic (exact) mass is 393 g/mol. The Labute approximate surface area is 169 Å². The second-order valence-corrected chi connectivity index (χ2v) is 7.29. The molecule has 0 radical (unpaired) electrons. The van der Waals surface area contributed by atoms with Gasteiger partial charge in [0.05, 0.1) is 12.9 Å². The van der Waals surface area contributed by atoms with Gasteiger partial charge >= 0.3 is 0 Å². The Kier molecular flexibility index (Phi) is 5.38. The maximum atomic E-state index is 13.3. The molecule has 1 aliphatic rings. The van der Waals surface area contributed by atoms with Crippen molar-refractivity contribution in [1.82, 2.24) is 4.90 Å². The van der Waals surface area contributed by atoms with Crippen molar-refractivity contribution in [2.75, 3.05) is 19.7 Å². The fraction of sp³-hybridized carbons (Fsp3) is 0.292. The summed E-state index contributed by atoms with van der Waals surface area (Å²) in [6.45, 7) is 5.99. The van der Waals surface area contributed by atoms with Crippen LogP contribution in [0.2, 0.25) is 0 Å². The number of fused-ring (bicyclic) bond motifs is 1. The van der Waals surface area contributed by atoms with Crippen LogP contribution in [0.5, 0.6) is 5.75 Å². The number of amides is 1. The molecule has 4 nitrogen and oxygen atoms in total. The molecule has 150 valence electrons. The fourth-order valence-corrected chi connectivity index (χ4v) is 3.78. The van der Waals surface area contributed by atoms with Crippen molar-refractivity contribution in [1.29, 1.82) is 0 Å². The van der Waals surface area contributed by atoms with E-state index in [1.54, 1.807) is 24.5 Å². The Morgan fingerprint density at radius 1 is 1.21 bits per heavy atom. The summed E-state index contributed by atoms with van der Waals surface area (Å²) >= 11 is 0. The van der Waals surface area contributed by atoms with E-state index in [9.17, 15) is 9.18 Å². The van der Waals surface area contributed by atoms with Crippen LogP contribution < -0.4 is 4.74 Å². The van der Waals surface area contributed by atoms with Gasteiger partial charge in [-0.25, -0.2) is 4.39 Å². The summed E-state index contributed by atoms with van der Waals surface area (Å²) in [5, 5.41) is 0.899. The quantitative estimate of drug-likeness (QED) is 0.525. The van der Waals surface area contributed by atoms with Gasteiger partial charge in [-0.1, -0.05) is 12.1 Å². The van der Waals surface area contributed by atoms with Crippen molar-refractivity contribution < 1.29 is 18.3 Å². The molecule has 0 atom stereocenters. The van der Waals surface area contributed by atoms with Gasteiger partial charge < -0.3 is 14.1 Å². The zero-order valence-electron chi connectivity index (χ0n) is 16.7. The van der Waals surface area contributed by atoms with Crippen LogP contribution in [0.4, 0.5) is 4.39 Å². The zero-order chi connectivity index (χ0) is 20.4. The molecule has 2 aromatic carbocycles. The van der Waals surface area contributed by atoms with E-state index in [-0.39, 0.29) is 11.7 Å². The number of rotatable bonds is 5. The van der Waals surface area contributed by atoms with Gasteiger partial charge in [-0.2, -0.15) is 0 Å². The van der Waals surface area contributed by atoms with E-state index in [1.165, 1.54) is 12.1 Å². The van der Waals surface area contributed by atoms with Crippen molar-refractivity contribution >= 4 is 22.4 Å². The summed E-state index contributed by atoms with van der Waals surface area (Å²) in [4.78, 5) is 14.5. The molecule has 0 saturated carbocycles. The topological polar surface area (TPSA) is 42.7 Å². The summed E-state index contributed by atoms with van der Waals surface area (Å²) in [5.74, 6) is 0.441. The standard InChI is InChI=1S/C24H24FNO3/c1-3-28-22-14-23-20(21(15-29-23)17-6-8-18(25)9-7-17)13-19(22)16(2)12-24(27)26-10-4-5-11-26/h6-9,12-15H,3-5,10-11H2,1-2H3/b16-12+. The molecule has 1 aromatic heterocycles. The van der Waals surface area contributed by atoms with E-state index in [0.29, 0.717) is 17.9 Å². The molecule has 0 N–H and O–H groups in total. The molecule has 29 heavy (non-hydrogen) atoms. The number of nitrogens with zero attached hydrogens (tertiary/aromatic N) is 1. The second kappa shape index (κ2) is 8.11. The first-order valence-electron chi connectivity index (χ1n) is 9.98. The predicted octanol–water partition coefficient (Wildman–Crippen LogP) is 5.66. The van der Waals surface area contributed by atoms with Gasteiger partial charge in [-0.05, 0) is 56.0 Å². The Hall–Kier alpha value is -3.08. The first-order valence-corrected chi connectivity index (χ1v) is 9.98. The lowest BCUT2D eigenvalue weighted by Crippen LogP contribution is -2.25. The van der Waals surface area contributed by atoms with Crippen LogP contribution in [0, 0.1) is 5.82 Å². The Balaban J connectivity index is 1.78. The molecular weight excluding hydrogens is 369 g/mol. The highest BCUT2D eigenvalue weighted by atomic mass is 19.1. The van der Waals surface area contributed by atoms with Crippen LogP contribution in [-0.2, 0) is 4.79 Å². The predicted molar refractivity (Wildman–Crippen MR) is 112 cm³/mol. The van der Waals surface area contributed by atoms with Gasteiger partial charge in [-0.15, -0.1) is 0 Å². The first-order chi connectivity index (χ1) is 14.1. The van der Waals surface area contributed by atoms with Crippen molar-refractivity contribution in [3.8, 4) is 16.9 Å². The number of carbonyl (C=O) groups excluding carboxylic acids is 1.